The predicted octanol–water partition coefficient (Wildman–Crippen LogP) is 1.82. The van der Waals surface area contributed by atoms with Gasteiger partial charge in [-0.15, -0.1) is 0 Å². The van der Waals surface area contributed by atoms with Gasteiger partial charge in [0.1, 0.15) is 6.04 Å². The second-order valence-corrected chi connectivity index (χ2v) is 12.0. The van der Waals surface area contributed by atoms with Crippen molar-refractivity contribution in [2.45, 2.75) is 57.1 Å². The van der Waals surface area contributed by atoms with E-state index in [2.05, 4.69) is 22.5 Å². The third-order valence-corrected chi connectivity index (χ3v) is 8.37. The highest BCUT2D eigenvalue weighted by Gasteiger charge is 2.45. The largest absolute Gasteiger partial charge is 0.372 e. The van der Waals surface area contributed by atoms with Crippen LogP contribution in [0.15, 0.2) is 41.0 Å². The number of morpholine rings is 1. The van der Waals surface area contributed by atoms with Gasteiger partial charge in [0.25, 0.3) is 0 Å². The Morgan fingerprint density at radius 3 is 2.71 bits per heavy atom. The lowest BCUT2D eigenvalue weighted by Crippen LogP contribution is -2.61. The number of allylic oxidation sites excluding steroid dienone is 3. The van der Waals surface area contributed by atoms with Crippen LogP contribution in [0.25, 0.3) is 0 Å². The molecular weight excluding hydrogens is 508 g/mol. The number of hydrogen-bond acceptors (Lipinski definition) is 7. The quantitative estimate of drug-likeness (QED) is 0.517. The van der Waals surface area contributed by atoms with Crippen molar-refractivity contribution in [3.8, 4) is 0 Å². The van der Waals surface area contributed by atoms with Gasteiger partial charge in [-0.3, -0.25) is 24.3 Å². The normalized spacial score (nSPS) is 27.2. The molecule has 4 N–H and O–H groups in total. The molecule has 10 nitrogen and oxygen atoms in total. The number of nitrogens with zero attached hydrogens (tertiary/aromatic N) is 3. The number of hydrogen-bond donors (Lipinski definition) is 3. The van der Waals surface area contributed by atoms with Crippen LogP contribution in [-0.4, -0.2) is 76.9 Å². The first-order valence-corrected chi connectivity index (χ1v) is 13.4. The minimum absolute atomic E-state index is 0.0703. The van der Waals surface area contributed by atoms with Crippen molar-refractivity contribution in [1.29, 1.82) is 0 Å². The summed E-state index contributed by atoms with van der Waals surface area (Å²) in [4.78, 5) is 46.3. The van der Waals surface area contributed by atoms with E-state index >= 15 is 0 Å². The number of anilines is 1. The molecule has 3 amide bonds. The molecule has 1 aromatic rings. The van der Waals surface area contributed by atoms with Gasteiger partial charge in [-0.1, -0.05) is 11.6 Å². The highest BCUT2D eigenvalue weighted by molar-refractivity contribution is 6.30. The molecule has 3 aliphatic heterocycles. The Kier molecular flexibility index (Phi) is 7.00. The maximum absolute atomic E-state index is 13.7. The molecule has 4 heterocycles. The number of carbonyl (C=O) groups excluding carboxylic acids is 3. The number of nitrogens with two attached hydrogens (primary N) is 1. The number of primary amides is 1. The molecule has 38 heavy (non-hydrogen) atoms. The molecule has 0 bridgehead atoms. The lowest BCUT2D eigenvalue weighted by atomic mass is 9.76. The molecular formula is C27H35ClN6O4. The molecule has 1 aliphatic carbocycles. The molecule has 1 unspecified atom stereocenters. The Morgan fingerprint density at radius 2 is 2.00 bits per heavy atom. The van der Waals surface area contributed by atoms with Gasteiger partial charge in [0, 0.05) is 42.2 Å². The molecule has 2 atom stereocenters. The van der Waals surface area contributed by atoms with Gasteiger partial charge in [-0.2, -0.15) is 0 Å². The van der Waals surface area contributed by atoms with Gasteiger partial charge in [-0.25, -0.2) is 0 Å². The Morgan fingerprint density at radius 1 is 1.26 bits per heavy atom. The van der Waals surface area contributed by atoms with Gasteiger partial charge in [0.05, 0.1) is 42.0 Å². The fourth-order valence-corrected chi connectivity index (χ4v) is 6.39. The smallest absolute Gasteiger partial charge is 0.244 e. The van der Waals surface area contributed by atoms with E-state index in [-0.39, 0.29) is 36.8 Å². The summed E-state index contributed by atoms with van der Waals surface area (Å²) < 4.78 is 6.00. The van der Waals surface area contributed by atoms with Crippen LogP contribution >= 0.6 is 11.6 Å². The minimum Gasteiger partial charge on any atom is -0.372 e. The Bertz CT molecular complexity index is 1220. The number of amides is 3. The fraction of sp³-hybridized carbons (Fsp3) is 0.556. The molecule has 0 aromatic carbocycles. The van der Waals surface area contributed by atoms with Crippen molar-refractivity contribution in [1.82, 2.24) is 20.1 Å². The first-order chi connectivity index (χ1) is 18.0. The second-order valence-electron chi connectivity index (χ2n) is 11.5. The summed E-state index contributed by atoms with van der Waals surface area (Å²) in [5, 5.41) is 7.15. The van der Waals surface area contributed by atoms with Crippen molar-refractivity contribution < 1.29 is 19.1 Å². The van der Waals surface area contributed by atoms with Gasteiger partial charge in [-0.05, 0) is 57.7 Å². The Balaban J connectivity index is 1.33. The molecule has 204 valence electrons. The van der Waals surface area contributed by atoms with Crippen LogP contribution in [0.2, 0.25) is 0 Å². The standard InChI is InChI=1S/C27H35ClN6O4/c1-26(2)15-34(13-22(35)33-8-5-16(6-9-33)24(29)36)21(14-38-26)25(37)32-19-10-17(28)11-27(3)18-4-7-30-12-20(18)31-23(19)27/h4,7,10,12,16,21,31H,5-6,8-9,11,13-15H2,1-3H3,(H2,29,36)(H,32,37)/t21-,27?/m0/s1. The number of halogens is 1. The molecule has 0 spiro atoms. The van der Waals surface area contributed by atoms with E-state index in [0.29, 0.717) is 49.6 Å². The number of rotatable bonds is 5. The van der Waals surface area contributed by atoms with E-state index in [0.717, 1.165) is 16.9 Å². The topological polar surface area (TPSA) is 130 Å². The number of aromatic nitrogens is 1. The van der Waals surface area contributed by atoms with E-state index in [9.17, 15) is 14.4 Å². The monoisotopic (exact) mass is 542 g/mol. The lowest BCUT2D eigenvalue weighted by Gasteiger charge is -2.43. The van der Waals surface area contributed by atoms with E-state index < -0.39 is 17.1 Å². The first-order valence-electron chi connectivity index (χ1n) is 13.1. The molecule has 4 aliphatic rings. The molecule has 0 radical (unpaired) electrons. The number of ether oxygens (including phenoxy) is 1. The number of piperidine rings is 1. The van der Waals surface area contributed by atoms with Crippen LogP contribution < -0.4 is 16.4 Å². The SMILES string of the molecule is CC1(C)CN(CC(=O)N2CCC(C(N)=O)CC2)[C@H](C(=O)NC2=C3Nc4cnccc4C3(C)CC(Cl)=C2)CO1. The zero-order chi connectivity index (χ0) is 27.2. The van der Waals surface area contributed by atoms with Crippen molar-refractivity contribution >= 4 is 35.0 Å². The zero-order valence-corrected chi connectivity index (χ0v) is 22.8. The van der Waals surface area contributed by atoms with Crippen LogP contribution in [0, 0.1) is 5.92 Å². The summed E-state index contributed by atoms with van der Waals surface area (Å²) in [6.45, 7) is 7.62. The molecule has 0 saturated carbocycles. The van der Waals surface area contributed by atoms with Crippen LogP contribution in [0.5, 0.6) is 0 Å². The van der Waals surface area contributed by atoms with Gasteiger partial charge >= 0.3 is 0 Å². The van der Waals surface area contributed by atoms with Gasteiger partial charge in [0.15, 0.2) is 0 Å². The molecule has 5 rings (SSSR count). The van der Waals surface area contributed by atoms with Crippen molar-refractivity contribution in [2.75, 3.05) is 38.1 Å². The van der Waals surface area contributed by atoms with Gasteiger partial charge in [0.2, 0.25) is 17.7 Å². The van der Waals surface area contributed by atoms with Crippen molar-refractivity contribution in [2.24, 2.45) is 11.7 Å². The minimum atomic E-state index is -0.658. The average molecular weight is 543 g/mol. The van der Waals surface area contributed by atoms with E-state index in [4.69, 9.17) is 22.1 Å². The number of carbonyl (C=O) groups is 3. The number of nitrogens with one attached hydrogen (secondary N) is 2. The number of pyridine rings is 1. The van der Waals surface area contributed by atoms with Crippen molar-refractivity contribution in [3.63, 3.8) is 0 Å². The zero-order valence-electron chi connectivity index (χ0n) is 22.1. The third kappa shape index (κ3) is 5.04. The molecule has 1 aromatic heterocycles. The highest BCUT2D eigenvalue weighted by atomic mass is 35.5. The summed E-state index contributed by atoms with van der Waals surface area (Å²) in [6.07, 6.45) is 7.05. The summed E-state index contributed by atoms with van der Waals surface area (Å²) >= 11 is 6.57. The van der Waals surface area contributed by atoms with E-state index in [1.54, 1.807) is 23.4 Å². The molecule has 2 saturated heterocycles. The summed E-state index contributed by atoms with van der Waals surface area (Å²) in [6, 6.07) is 1.31. The van der Waals surface area contributed by atoms with Gasteiger partial charge < -0.3 is 26.0 Å². The van der Waals surface area contributed by atoms with E-state index in [1.165, 1.54) is 0 Å². The summed E-state index contributed by atoms with van der Waals surface area (Å²) in [5.74, 6) is -0.840. The third-order valence-electron chi connectivity index (χ3n) is 8.13. The number of likely N-dealkylation sites (tertiary alicyclic amines) is 1. The summed E-state index contributed by atoms with van der Waals surface area (Å²) in [7, 11) is 0. The fourth-order valence-electron chi connectivity index (χ4n) is 6.01. The molecule has 11 heteroatoms. The maximum Gasteiger partial charge on any atom is 0.244 e. The van der Waals surface area contributed by atoms with Crippen LogP contribution in [0.1, 0.15) is 45.6 Å². The predicted molar refractivity (Wildman–Crippen MR) is 143 cm³/mol. The van der Waals surface area contributed by atoms with Crippen LogP contribution in [0.3, 0.4) is 0 Å². The lowest BCUT2D eigenvalue weighted by molar-refractivity contribution is -0.153. The maximum atomic E-state index is 13.7. The Labute approximate surface area is 227 Å². The Hall–Kier alpha value is -2.95. The van der Waals surface area contributed by atoms with Crippen molar-refractivity contribution in [3.05, 3.63) is 46.5 Å². The first kappa shape index (κ1) is 26.6. The second kappa shape index (κ2) is 9.98. The van der Waals surface area contributed by atoms with E-state index in [1.807, 2.05) is 24.8 Å². The summed E-state index contributed by atoms with van der Waals surface area (Å²) in [5.41, 5.74) is 7.97. The molecule has 2 fully saturated rings. The number of fused-ring (bicyclic) bond motifs is 3. The average Bonchev–Trinajstić information content (AvgIpc) is 3.16. The van der Waals surface area contributed by atoms with Crippen LogP contribution in [0.4, 0.5) is 5.69 Å². The van der Waals surface area contributed by atoms with Crippen LogP contribution in [-0.2, 0) is 24.5 Å². The highest BCUT2D eigenvalue weighted by Crippen LogP contribution is 2.50.